The van der Waals surface area contributed by atoms with E-state index in [2.05, 4.69) is 5.32 Å². The van der Waals surface area contributed by atoms with Crippen LogP contribution in [-0.4, -0.2) is 44.3 Å². The number of hydrogen-bond donors (Lipinski definition) is 1. The molecule has 0 saturated heterocycles. The van der Waals surface area contributed by atoms with Crippen LogP contribution in [0.15, 0.2) is 77.7 Å². The van der Waals surface area contributed by atoms with Crippen LogP contribution < -0.4 is 9.62 Å². The van der Waals surface area contributed by atoms with Crippen LogP contribution in [0.3, 0.4) is 0 Å². The van der Waals surface area contributed by atoms with Gasteiger partial charge in [-0.1, -0.05) is 67.4 Å². The Morgan fingerprint density at radius 1 is 0.872 bits per heavy atom. The Morgan fingerprint density at radius 2 is 1.49 bits per heavy atom. The fraction of sp³-hybridized carbons (Fsp3) is 0.355. The van der Waals surface area contributed by atoms with E-state index in [0.717, 1.165) is 39.4 Å². The summed E-state index contributed by atoms with van der Waals surface area (Å²) < 4.78 is 28.9. The van der Waals surface area contributed by atoms with Crippen LogP contribution >= 0.6 is 0 Å². The number of carbonyl (C=O) groups excluding carboxylic acids is 2. The maximum Gasteiger partial charge on any atom is 0.264 e. The second-order valence-corrected chi connectivity index (χ2v) is 11.9. The Bertz CT molecular complexity index is 1350. The van der Waals surface area contributed by atoms with Crippen molar-refractivity contribution in [3.63, 3.8) is 0 Å². The molecular formula is C31H39N3O4S. The van der Waals surface area contributed by atoms with Crippen molar-refractivity contribution in [3.8, 4) is 0 Å². The summed E-state index contributed by atoms with van der Waals surface area (Å²) in [6, 6.07) is 20.5. The molecule has 3 aromatic rings. The maximum absolute atomic E-state index is 14.0. The fourth-order valence-corrected chi connectivity index (χ4v) is 5.77. The predicted molar refractivity (Wildman–Crippen MR) is 156 cm³/mol. The van der Waals surface area contributed by atoms with Gasteiger partial charge >= 0.3 is 0 Å². The van der Waals surface area contributed by atoms with Gasteiger partial charge in [0.2, 0.25) is 11.8 Å². The molecule has 1 atom stereocenters. The highest BCUT2D eigenvalue weighted by Gasteiger charge is 2.32. The van der Waals surface area contributed by atoms with Crippen molar-refractivity contribution in [2.75, 3.05) is 17.4 Å². The van der Waals surface area contributed by atoms with Crippen LogP contribution in [0.4, 0.5) is 5.69 Å². The van der Waals surface area contributed by atoms with Crippen LogP contribution in [0.2, 0.25) is 0 Å². The molecule has 3 rings (SSSR count). The predicted octanol–water partition coefficient (Wildman–Crippen LogP) is 5.14. The average molecular weight is 550 g/mol. The summed E-state index contributed by atoms with van der Waals surface area (Å²) in [7, 11) is -4.07. The summed E-state index contributed by atoms with van der Waals surface area (Å²) >= 11 is 0. The minimum Gasteiger partial charge on any atom is -0.354 e. The summed E-state index contributed by atoms with van der Waals surface area (Å²) in [5.41, 5.74) is 4.10. The van der Waals surface area contributed by atoms with Crippen molar-refractivity contribution in [2.45, 2.75) is 64.9 Å². The van der Waals surface area contributed by atoms with Gasteiger partial charge in [0.1, 0.15) is 12.6 Å². The van der Waals surface area contributed by atoms with Crippen molar-refractivity contribution in [1.82, 2.24) is 10.2 Å². The number of hydrogen-bond acceptors (Lipinski definition) is 4. The quantitative estimate of drug-likeness (QED) is 0.317. The largest absolute Gasteiger partial charge is 0.354 e. The van der Waals surface area contributed by atoms with Gasteiger partial charge in [0.15, 0.2) is 0 Å². The summed E-state index contributed by atoms with van der Waals surface area (Å²) in [6.45, 7) is 9.72. The van der Waals surface area contributed by atoms with Gasteiger partial charge in [-0.25, -0.2) is 8.42 Å². The molecular weight excluding hydrogens is 510 g/mol. The Balaban J connectivity index is 2.01. The highest BCUT2D eigenvalue weighted by atomic mass is 32.2. The number of amides is 2. The topological polar surface area (TPSA) is 86.8 Å². The van der Waals surface area contributed by atoms with E-state index in [-0.39, 0.29) is 17.3 Å². The number of carbonyl (C=O) groups is 2. The minimum absolute atomic E-state index is 0.0902. The van der Waals surface area contributed by atoms with E-state index in [4.69, 9.17) is 0 Å². The zero-order chi connectivity index (χ0) is 28.6. The number of nitrogens with one attached hydrogen (secondary N) is 1. The average Bonchev–Trinajstić information content (AvgIpc) is 2.90. The number of unbranched alkanes of at least 4 members (excludes halogenated alkanes) is 1. The number of anilines is 1. The molecule has 0 aromatic heterocycles. The third-order valence-electron chi connectivity index (χ3n) is 6.57. The van der Waals surface area contributed by atoms with Gasteiger partial charge in [0, 0.05) is 13.1 Å². The number of aryl methyl sites for hydroxylation is 3. The molecule has 39 heavy (non-hydrogen) atoms. The highest BCUT2D eigenvalue weighted by Crippen LogP contribution is 2.26. The molecule has 7 nitrogen and oxygen atoms in total. The third kappa shape index (κ3) is 7.93. The van der Waals surface area contributed by atoms with Gasteiger partial charge < -0.3 is 10.2 Å². The van der Waals surface area contributed by atoms with Gasteiger partial charge in [-0.2, -0.15) is 0 Å². The molecule has 8 heteroatoms. The standard InChI is InChI=1S/C31H39N3O4S/c1-6-7-17-32-31(36)26(5)33(21-27-15-13-23(2)14-16-27)30(35)22-34(28-19-24(3)18-25(4)20-28)39(37,38)29-11-9-8-10-12-29/h8-16,18-20,26H,6-7,17,21-22H2,1-5H3,(H,32,36). The SMILES string of the molecule is CCCCNC(=O)C(C)N(Cc1ccc(C)cc1)C(=O)CN(c1cc(C)cc(C)c1)S(=O)(=O)c1ccccc1. The Labute approximate surface area is 232 Å². The van der Waals surface area contributed by atoms with Crippen molar-refractivity contribution >= 4 is 27.5 Å². The van der Waals surface area contributed by atoms with E-state index < -0.39 is 28.5 Å². The fourth-order valence-electron chi connectivity index (χ4n) is 4.35. The monoisotopic (exact) mass is 549 g/mol. The molecule has 0 saturated carbocycles. The van der Waals surface area contributed by atoms with Crippen molar-refractivity contribution in [2.24, 2.45) is 0 Å². The molecule has 1 unspecified atom stereocenters. The van der Waals surface area contributed by atoms with Gasteiger partial charge in [-0.15, -0.1) is 0 Å². The van der Waals surface area contributed by atoms with Crippen LogP contribution in [0.5, 0.6) is 0 Å². The zero-order valence-electron chi connectivity index (χ0n) is 23.5. The Kier molecular flexibility index (Phi) is 10.3. The van der Waals surface area contributed by atoms with E-state index in [9.17, 15) is 18.0 Å². The first-order chi connectivity index (χ1) is 18.5. The molecule has 0 aliphatic heterocycles. The second kappa shape index (κ2) is 13.4. The minimum atomic E-state index is -4.07. The number of nitrogens with zero attached hydrogens (tertiary/aromatic N) is 2. The third-order valence-corrected chi connectivity index (χ3v) is 8.36. The molecule has 1 N–H and O–H groups in total. The van der Waals surface area contributed by atoms with Gasteiger partial charge in [0.25, 0.3) is 10.0 Å². The first kappa shape index (κ1) is 29.9. The van der Waals surface area contributed by atoms with Gasteiger partial charge in [-0.3, -0.25) is 13.9 Å². The highest BCUT2D eigenvalue weighted by molar-refractivity contribution is 7.92. The molecule has 0 radical (unpaired) electrons. The van der Waals surface area contributed by atoms with Crippen molar-refractivity contribution < 1.29 is 18.0 Å². The first-order valence-corrected chi connectivity index (χ1v) is 14.8. The first-order valence-electron chi connectivity index (χ1n) is 13.3. The molecule has 0 aliphatic carbocycles. The van der Waals surface area contributed by atoms with Gasteiger partial charge in [0.05, 0.1) is 10.6 Å². The molecule has 0 fully saturated rings. The summed E-state index contributed by atoms with van der Waals surface area (Å²) in [5, 5.41) is 2.90. The van der Waals surface area contributed by atoms with E-state index in [1.807, 2.05) is 58.0 Å². The molecule has 0 bridgehead atoms. The second-order valence-electron chi connectivity index (χ2n) is 10.00. The zero-order valence-corrected chi connectivity index (χ0v) is 24.3. The van der Waals surface area contributed by atoms with Crippen LogP contribution in [0, 0.1) is 20.8 Å². The van der Waals surface area contributed by atoms with E-state index in [1.165, 1.54) is 17.0 Å². The maximum atomic E-state index is 14.0. The Hall–Kier alpha value is -3.65. The van der Waals surface area contributed by atoms with Crippen molar-refractivity contribution in [3.05, 3.63) is 95.1 Å². The number of sulfonamides is 1. The smallest absolute Gasteiger partial charge is 0.264 e. The van der Waals surface area contributed by atoms with Crippen LogP contribution in [0.1, 0.15) is 48.9 Å². The lowest BCUT2D eigenvalue weighted by atomic mass is 10.1. The molecule has 208 valence electrons. The van der Waals surface area contributed by atoms with Crippen LogP contribution in [0.25, 0.3) is 0 Å². The molecule has 2 amide bonds. The van der Waals surface area contributed by atoms with Crippen LogP contribution in [-0.2, 0) is 26.2 Å². The molecule has 0 aliphatic rings. The summed E-state index contributed by atoms with van der Waals surface area (Å²) in [5.74, 6) is -0.736. The van der Waals surface area contributed by atoms with Crippen molar-refractivity contribution in [1.29, 1.82) is 0 Å². The lowest BCUT2D eigenvalue weighted by Crippen LogP contribution is -2.51. The lowest BCUT2D eigenvalue weighted by Gasteiger charge is -2.32. The van der Waals surface area contributed by atoms with E-state index in [1.54, 1.807) is 37.3 Å². The number of rotatable bonds is 12. The van der Waals surface area contributed by atoms with E-state index in [0.29, 0.717) is 12.2 Å². The van der Waals surface area contributed by atoms with Gasteiger partial charge in [-0.05, 0) is 75.1 Å². The Morgan fingerprint density at radius 3 is 2.08 bits per heavy atom. The molecule has 0 heterocycles. The summed E-state index contributed by atoms with van der Waals surface area (Å²) in [6.07, 6.45) is 1.77. The lowest BCUT2D eigenvalue weighted by molar-refractivity contribution is -0.139. The summed E-state index contributed by atoms with van der Waals surface area (Å²) in [4.78, 5) is 28.5. The van der Waals surface area contributed by atoms with E-state index >= 15 is 0 Å². The normalized spacial score (nSPS) is 12.0. The number of benzene rings is 3. The molecule has 0 spiro atoms. The molecule has 3 aromatic carbocycles.